The highest BCUT2D eigenvalue weighted by Gasteiger charge is 2.31. The highest BCUT2D eigenvalue weighted by Crippen LogP contribution is 2.21. The van der Waals surface area contributed by atoms with Crippen molar-refractivity contribution < 1.29 is 9.18 Å². The molecule has 116 valence electrons. The number of carbonyl (C=O) groups excluding carboxylic acids is 1. The topological polar surface area (TPSA) is 59.4 Å². The van der Waals surface area contributed by atoms with E-state index < -0.39 is 0 Å². The Hall–Kier alpha value is -2.13. The molecule has 0 bridgehead atoms. The molecule has 1 atom stereocenters. The van der Waals surface area contributed by atoms with E-state index >= 15 is 0 Å². The minimum atomic E-state index is -0.278. The minimum absolute atomic E-state index is 0.00417. The third-order valence-corrected chi connectivity index (χ3v) is 4.38. The number of hydrogen-bond acceptors (Lipinski definition) is 3. The van der Waals surface area contributed by atoms with Crippen LogP contribution in [0.15, 0.2) is 18.2 Å². The molecular weight excluding hydrogens is 283 g/mol. The van der Waals surface area contributed by atoms with Crippen molar-refractivity contribution in [2.75, 3.05) is 26.2 Å². The number of urea groups is 1. The molecule has 0 aliphatic carbocycles. The first kappa shape index (κ1) is 14.8. The summed E-state index contributed by atoms with van der Waals surface area (Å²) in [6.07, 6.45) is 1.98. The van der Waals surface area contributed by atoms with Gasteiger partial charge in [0.05, 0.1) is 11.6 Å². The number of rotatable bonds is 3. The Morgan fingerprint density at radius 2 is 2.27 bits per heavy atom. The normalized spacial score (nSPS) is 22.5. The Morgan fingerprint density at radius 3 is 3.00 bits per heavy atom. The maximum absolute atomic E-state index is 13.9. The number of amides is 2. The first-order valence-electron chi connectivity index (χ1n) is 7.63. The van der Waals surface area contributed by atoms with Gasteiger partial charge in [-0.2, -0.15) is 5.26 Å². The molecule has 5 nitrogen and oxygen atoms in total. The maximum atomic E-state index is 13.9. The Labute approximate surface area is 129 Å². The number of hydrogen-bond donors (Lipinski definition) is 1. The molecule has 2 amide bonds. The van der Waals surface area contributed by atoms with Crippen LogP contribution >= 0.6 is 0 Å². The van der Waals surface area contributed by atoms with Gasteiger partial charge in [0.25, 0.3) is 0 Å². The average Bonchev–Trinajstić information content (AvgIpc) is 2.96. The molecule has 6 heteroatoms. The summed E-state index contributed by atoms with van der Waals surface area (Å²) in [6, 6.07) is 6.70. The Bertz CT molecular complexity index is 613. The molecule has 3 rings (SSSR count). The van der Waals surface area contributed by atoms with E-state index in [-0.39, 0.29) is 17.9 Å². The van der Waals surface area contributed by atoms with Gasteiger partial charge in [0.15, 0.2) is 0 Å². The standard InChI is InChI=1S/C16H19FN4O/c17-15-4-3-12(9-18)8-13(15)10-20-6-1-2-14(11-20)21-7-5-19-16(21)22/h3-4,8,14H,1-2,5-7,10-11H2,(H,19,22)/t14-/m0/s1. The highest BCUT2D eigenvalue weighted by molar-refractivity contribution is 5.76. The highest BCUT2D eigenvalue weighted by atomic mass is 19.1. The zero-order valence-corrected chi connectivity index (χ0v) is 12.4. The first-order valence-corrected chi connectivity index (χ1v) is 7.63. The summed E-state index contributed by atoms with van der Waals surface area (Å²) in [5.41, 5.74) is 1.02. The maximum Gasteiger partial charge on any atom is 0.317 e. The molecule has 1 aromatic carbocycles. The SMILES string of the molecule is N#Cc1ccc(F)c(CN2CCC[C@H](N3CCNC3=O)C2)c1. The van der Waals surface area contributed by atoms with Crippen LogP contribution in [0.4, 0.5) is 9.18 Å². The van der Waals surface area contributed by atoms with E-state index in [9.17, 15) is 9.18 Å². The van der Waals surface area contributed by atoms with E-state index in [1.807, 2.05) is 11.0 Å². The lowest BCUT2D eigenvalue weighted by Crippen LogP contribution is -2.48. The van der Waals surface area contributed by atoms with Crippen LogP contribution < -0.4 is 5.32 Å². The van der Waals surface area contributed by atoms with E-state index in [4.69, 9.17) is 5.26 Å². The van der Waals surface area contributed by atoms with E-state index in [1.54, 1.807) is 6.07 Å². The fourth-order valence-corrected chi connectivity index (χ4v) is 3.27. The number of piperidine rings is 1. The fraction of sp³-hybridized carbons (Fsp3) is 0.500. The molecule has 22 heavy (non-hydrogen) atoms. The number of nitrogens with zero attached hydrogens (tertiary/aromatic N) is 3. The second-order valence-corrected chi connectivity index (χ2v) is 5.87. The molecular formula is C16H19FN4O. The Kier molecular flexibility index (Phi) is 4.25. The van der Waals surface area contributed by atoms with Crippen molar-refractivity contribution in [3.8, 4) is 6.07 Å². The number of nitriles is 1. The van der Waals surface area contributed by atoms with Gasteiger partial charge in [0, 0.05) is 37.8 Å². The molecule has 0 saturated carbocycles. The second-order valence-electron chi connectivity index (χ2n) is 5.87. The Balaban J connectivity index is 1.68. The summed E-state index contributed by atoms with van der Waals surface area (Å²) in [7, 11) is 0. The van der Waals surface area contributed by atoms with Gasteiger partial charge in [-0.25, -0.2) is 9.18 Å². The number of benzene rings is 1. The number of halogens is 1. The lowest BCUT2D eigenvalue weighted by Gasteiger charge is -2.37. The summed E-state index contributed by atoms with van der Waals surface area (Å²) >= 11 is 0. The average molecular weight is 302 g/mol. The molecule has 2 heterocycles. The molecule has 0 aromatic heterocycles. The van der Waals surface area contributed by atoms with Crippen LogP contribution in [-0.2, 0) is 6.54 Å². The molecule has 0 radical (unpaired) electrons. The molecule has 2 fully saturated rings. The van der Waals surface area contributed by atoms with Gasteiger partial charge >= 0.3 is 6.03 Å². The van der Waals surface area contributed by atoms with Crippen molar-refractivity contribution in [1.82, 2.24) is 15.1 Å². The van der Waals surface area contributed by atoms with Gasteiger partial charge in [0.2, 0.25) is 0 Å². The van der Waals surface area contributed by atoms with E-state index in [0.29, 0.717) is 24.2 Å². The molecule has 2 aliphatic heterocycles. The summed E-state index contributed by atoms with van der Waals surface area (Å²) < 4.78 is 13.9. The molecule has 0 unspecified atom stereocenters. The van der Waals surface area contributed by atoms with Crippen molar-refractivity contribution >= 4 is 6.03 Å². The van der Waals surface area contributed by atoms with Gasteiger partial charge in [-0.15, -0.1) is 0 Å². The summed E-state index contributed by atoms with van der Waals surface area (Å²) in [4.78, 5) is 15.8. The smallest absolute Gasteiger partial charge is 0.317 e. The van der Waals surface area contributed by atoms with Gasteiger partial charge in [0.1, 0.15) is 5.82 Å². The van der Waals surface area contributed by atoms with Gasteiger partial charge in [-0.3, -0.25) is 4.90 Å². The van der Waals surface area contributed by atoms with Crippen LogP contribution in [0, 0.1) is 17.1 Å². The van der Waals surface area contributed by atoms with Gasteiger partial charge in [-0.1, -0.05) is 0 Å². The molecule has 1 N–H and O–H groups in total. The Morgan fingerprint density at radius 1 is 1.41 bits per heavy atom. The van der Waals surface area contributed by atoms with Crippen molar-refractivity contribution in [1.29, 1.82) is 5.26 Å². The van der Waals surface area contributed by atoms with Gasteiger partial charge in [-0.05, 0) is 37.6 Å². The molecule has 0 spiro atoms. The number of likely N-dealkylation sites (tertiary alicyclic amines) is 1. The van der Waals surface area contributed by atoms with Crippen LogP contribution in [0.1, 0.15) is 24.0 Å². The van der Waals surface area contributed by atoms with E-state index in [1.165, 1.54) is 12.1 Å². The van der Waals surface area contributed by atoms with Crippen LogP contribution in [0.2, 0.25) is 0 Å². The van der Waals surface area contributed by atoms with Crippen LogP contribution in [0.5, 0.6) is 0 Å². The third-order valence-electron chi connectivity index (χ3n) is 4.38. The fourth-order valence-electron chi connectivity index (χ4n) is 3.27. The van der Waals surface area contributed by atoms with E-state index in [0.717, 1.165) is 32.5 Å². The monoisotopic (exact) mass is 302 g/mol. The molecule has 2 saturated heterocycles. The van der Waals surface area contributed by atoms with Crippen molar-refractivity contribution in [3.05, 3.63) is 35.1 Å². The van der Waals surface area contributed by atoms with Crippen LogP contribution in [0.3, 0.4) is 0 Å². The molecule has 2 aliphatic rings. The summed E-state index contributed by atoms with van der Waals surface area (Å²) in [5.74, 6) is -0.278. The summed E-state index contributed by atoms with van der Waals surface area (Å²) in [6.45, 7) is 3.57. The summed E-state index contributed by atoms with van der Waals surface area (Å²) in [5, 5.41) is 11.8. The molecule has 1 aromatic rings. The predicted octanol–water partition coefficient (Wildman–Crippen LogP) is 1.69. The van der Waals surface area contributed by atoms with E-state index in [2.05, 4.69) is 10.2 Å². The zero-order chi connectivity index (χ0) is 15.5. The van der Waals surface area contributed by atoms with Crippen molar-refractivity contribution in [2.45, 2.75) is 25.4 Å². The quantitative estimate of drug-likeness (QED) is 0.924. The largest absolute Gasteiger partial charge is 0.336 e. The third kappa shape index (κ3) is 3.04. The van der Waals surface area contributed by atoms with Crippen LogP contribution in [0.25, 0.3) is 0 Å². The van der Waals surface area contributed by atoms with Crippen LogP contribution in [-0.4, -0.2) is 48.1 Å². The first-order chi connectivity index (χ1) is 10.7. The minimum Gasteiger partial charge on any atom is -0.336 e. The lowest BCUT2D eigenvalue weighted by atomic mass is 10.0. The number of carbonyl (C=O) groups is 1. The lowest BCUT2D eigenvalue weighted by molar-refractivity contribution is 0.121. The number of nitrogens with one attached hydrogen (secondary N) is 1. The zero-order valence-electron chi connectivity index (χ0n) is 12.4. The predicted molar refractivity (Wildman–Crippen MR) is 79.5 cm³/mol. The van der Waals surface area contributed by atoms with Crippen molar-refractivity contribution in [2.24, 2.45) is 0 Å². The second kappa shape index (κ2) is 6.32. The van der Waals surface area contributed by atoms with Crippen molar-refractivity contribution in [3.63, 3.8) is 0 Å². The van der Waals surface area contributed by atoms with Gasteiger partial charge < -0.3 is 10.2 Å².